The molecule has 0 amide bonds. The van der Waals surface area contributed by atoms with E-state index in [4.69, 9.17) is 4.43 Å². The third-order valence-corrected chi connectivity index (χ3v) is 15.3. The zero-order valence-electron chi connectivity index (χ0n) is 18.0. The van der Waals surface area contributed by atoms with Crippen LogP contribution in [0, 0.1) is 0 Å². The monoisotopic (exact) mass is 462 g/mol. The second kappa shape index (κ2) is 9.39. The molecule has 0 aromatic carbocycles. The maximum Gasteiger partial charge on any atom is 0.200 e. The summed E-state index contributed by atoms with van der Waals surface area (Å²) in [6.45, 7) is 14.7. The van der Waals surface area contributed by atoms with Gasteiger partial charge in [-0.25, -0.2) is 0 Å². The van der Waals surface area contributed by atoms with Crippen molar-refractivity contribution >= 4 is 48.6 Å². The molecule has 0 saturated heterocycles. The van der Waals surface area contributed by atoms with Gasteiger partial charge in [-0.05, 0) is 53.0 Å². The molecule has 0 saturated carbocycles. The zero-order chi connectivity index (χ0) is 21.2. The predicted molar refractivity (Wildman–Crippen MR) is 132 cm³/mol. The Morgan fingerprint density at radius 1 is 0.759 bits per heavy atom. The Labute approximate surface area is 187 Å². The van der Waals surface area contributed by atoms with Crippen LogP contribution in [-0.4, -0.2) is 14.6 Å². The van der Waals surface area contributed by atoms with Gasteiger partial charge in [0.15, 0.2) is 6.29 Å². The third kappa shape index (κ3) is 4.67. The van der Waals surface area contributed by atoms with E-state index in [2.05, 4.69) is 65.8 Å². The molecule has 0 aliphatic heterocycles. The van der Waals surface area contributed by atoms with Crippen molar-refractivity contribution in [1.82, 2.24) is 0 Å². The van der Waals surface area contributed by atoms with Gasteiger partial charge in [-0.1, -0.05) is 41.5 Å². The fourth-order valence-electron chi connectivity index (χ4n) is 4.44. The molecule has 0 fully saturated rings. The first kappa shape index (κ1) is 22.6. The second-order valence-electron chi connectivity index (χ2n) is 8.36. The molecular weight excluding hydrogens is 433 g/mol. The van der Waals surface area contributed by atoms with Crippen LogP contribution in [0.3, 0.4) is 0 Å². The van der Waals surface area contributed by atoms with Crippen LogP contribution in [0.5, 0.6) is 0 Å². The number of carbonyl (C=O) groups is 1. The third-order valence-electron chi connectivity index (χ3n) is 5.67. The van der Waals surface area contributed by atoms with Crippen LogP contribution >= 0.6 is 34.0 Å². The number of aldehydes is 1. The quantitative estimate of drug-likeness (QED) is 0.235. The summed E-state index contributed by atoms with van der Waals surface area (Å²) in [6, 6.07) is 12.7. The molecule has 0 spiro atoms. The molecule has 6 heteroatoms. The summed E-state index contributed by atoms with van der Waals surface area (Å²) in [5, 5.41) is 0. The van der Waals surface area contributed by atoms with Gasteiger partial charge in [0.05, 0.1) is 11.5 Å². The van der Waals surface area contributed by atoms with Crippen LogP contribution < -0.4 is 0 Å². The molecule has 0 bridgehead atoms. The Morgan fingerprint density at radius 2 is 1.24 bits per heavy atom. The lowest BCUT2D eigenvalue weighted by Gasteiger charge is -2.42. The van der Waals surface area contributed by atoms with Crippen molar-refractivity contribution in [2.45, 2.75) is 64.8 Å². The molecule has 0 aliphatic rings. The summed E-state index contributed by atoms with van der Waals surface area (Å²) in [5.74, 6) is 0. The number of carbonyl (C=O) groups excluding carboxylic acids is 1. The van der Waals surface area contributed by atoms with Crippen molar-refractivity contribution in [1.29, 1.82) is 0 Å². The van der Waals surface area contributed by atoms with Crippen molar-refractivity contribution < 1.29 is 9.22 Å². The van der Waals surface area contributed by atoms with Crippen molar-refractivity contribution in [3.8, 4) is 19.5 Å². The van der Waals surface area contributed by atoms with E-state index in [9.17, 15) is 4.79 Å². The Balaban J connectivity index is 1.75. The highest BCUT2D eigenvalue weighted by Crippen LogP contribution is 2.44. The minimum Gasteiger partial charge on any atom is -0.411 e. The highest BCUT2D eigenvalue weighted by Gasteiger charge is 2.45. The van der Waals surface area contributed by atoms with E-state index in [1.807, 2.05) is 23.5 Å². The summed E-state index contributed by atoms with van der Waals surface area (Å²) in [5.41, 5.74) is 1.80. The first-order valence-electron chi connectivity index (χ1n) is 10.2. The molecular formula is C23H30O2S3Si. The van der Waals surface area contributed by atoms with E-state index in [0.29, 0.717) is 16.6 Å². The molecule has 3 aromatic heterocycles. The first-order chi connectivity index (χ1) is 13.8. The minimum absolute atomic E-state index is 0.601. The molecule has 0 radical (unpaired) electrons. The van der Waals surface area contributed by atoms with Gasteiger partial charge >= 0.3 is 0 Å². The number of hydrogen-bond acceptors (Lipinski definition) is 5. The zero-order valence-corrected chi connectivity index (χ0v) is 21.5. The van der Waals surface area contributed by atoms with Gasteiger partial charge in [-0.3, -0.25) is 4.79 Å². The predicted octanol–water partition coefficient (Wildman–Crippen LogP) is 8.71. The molecule has 3 rings (SSSR count). The molecule has 0 unspecified atom stereocenters. The minimum atomic E-state index is -1.84. The van der Waals surface area contributed by atoms with E-state index < -0.39 is 8.32 Å². The summed E-state index contributed by atoms with van der Waals surface area (Å²) >= 11 is 5.17. The van der Waals surface area contributed by atoms with Crippen LogP contribution in [0.15, 0.2) is 36.4 Å². The molecule has 29 heavy (non-hydrogen) atoms. The molecule has 0 aliphatic carbocycles. The van der Waals surface area contributed by atoms with E-state index >= 15 is 0 Å². The Hall–Kier alpha value is -1.05. The van der Waals surface area contributed by atoms with Crippen LogP contribution in [0.25, 0.3) is 19.5 Å². The Kier molecular flexibility index (Phi) is 7.33. The van der Waals surface area contributed by atoms with Crippen LogP contribution in [0.2, 0.25) is 16.6 Å². The number of rotatable bonds is 9. The smallest absolute Gasteiger partial charge is 0.200 e. The molecule has 156 valence electrons. The van der Waals surface area contributed by atoms with E-state index in [1.165, 1.54) is 19.5 Å². The standard InChI is InChI=1S/C23H30O2S3Si/c1-15(2)29(16(3)4,17(5)6)25-14-19-8-10-21(27-19)23-12-11-22(28-23)20-9-7-18(13-24)26-20/h7-13,15-17H,14H2,1-6H3. The molecule has 3 heterocycles. The van der Waals surface area contributed by atoms with Gasteiger partial charge < -0.3 is 4.43 Å². The van der Waals surface area contributed by atoms with Gasteiger partial charge in [0.25, 0.3) is 0 Å². The lowest BCUT2D eigenvalue weighted by Crippen LogP contribution is -2.47. The molecule has 3 aromatic rings. The van der Waals surface area contributed by atoms with Gasteiger partial charge in [-0.15, -0.1) is 34.0 Å². The average molecular weight is 463 g/mol. The fourth-order valence-corrected chi connectivity index (χ4v) is 12.9. The Bertz CT molecular complexity index is 927. The van der Waals surface area contributed by atoms with Crippen molar-refractivity contribution in [2.24, 2.45) is 0 Å². The molecule has 0 N–H and O–H groups in total. The fraction of sp³-hybridized carbons (Fsp3) is 0.435. The summed E-state index contributed by atoms with van der Waals surface area (Å²) in [7, 11) is -1.84. The second-order valence-corrected chi connectivity index (χ2v) is 17.2. The van der Waals surface area contributed by atoms with Crippen LogP contribution in [0.1, 0.15) is 56.1 Å². The van der Waals surface area contributed by atoms with Gasteiger partial charge in [0.2, 0.25) is 8.32 Å². The summed E-state index contributed by atoms with van der Waals surface area (Å²) < 4.78 is 6.76. The van der Waals surface area contributed by atoms with E-state index in [-0.39, 0.29) is 0 Å². The largest absolute Gasteiger partial charge is 0.411 e. The Morgan fingerprint density at radius 3 is 1.76 bits per heavy atom. The lowest BCUT2D eigenvalue weighted by atomic mass is 10.3. The normalized spacial score (nSPS) is 12.4. The van der Waals surface area contributed by atoms with Gasteiger partial charge in [-0.2, -0.15) is 0 Å². The highest BCUT2D eigenvalue weighted by molar-refractivity contribution is 7.26. The average Bonchev–Trinajstić information content (AvgIpc) is 3.40. The van der Waals surface area contributed by atoms with Crippen molar-refractivity contribution in [3.05, 3.63) is 46.2 Å². The first-order valence-corrected chi connectivity index (χ1v) is 14.7. The maximum atomic E-state index is 10.9. The molecule has 0 atom stereocenters. The summed E-state index contributed by atoms with van der Waals surface area (Å²) in [4.78, 5) is 18.0. The van der Waals surface area contributed by atoms with Gasteiger partial charge in [0, 0.05) is 24.4 Å². The van der Waals surface area contributed by atoms with E-state index in [1.54, 1.807) is 22.7 Å². The highest BCUT2D eigenvalue weighted by atomic mass is 32.1. The van der Waals surface area contributed by atoms with Gasteiger partial charge in [0.1, 0.15) is 0 Å². The van der Waals surface area contributed by atoms with Crippen molar-refractivity contribution in [3.63, 3.8) is 0 Å². The lowest BCUT2D eigenvalue weighted by molar-refractivity contribution is 0.112. The SMILES string of the molecule is CC(C)[Si](OCc1ccc(-c2ccc(-c3ccc(C=O)s3)s2)s1)(C(C)C)C(C)C. The maximum absolute atomic E-state index is 10.9. The number of thiophene rings is 3. The van der Waals surface area contributed by atoms with Crippen molar-refractivity contribution in [2.75, 3.05) is 0 Å². The van der Waals surface area contributed by atoms with Crippen LogP contribution in [-0.2, 0) is 11.0 Å². The molecule has 2 nitrogen and oxygen atoms in total. The number of hydrogen-bond donors (Lipinski definition) is 0. The van der Waals surface area contributed by atoms with Crippen LogP contribution in [0.4, 0.5) is 0 Å². The topological polar surface area (TPSA) is 26.3 Å². The summed E-state index contributed by atoms with van der Waals surface area (Å²) in [6.07, 6.45) is 0.920. The van der Waals surface area contributed by atoms with E-state index in [0.717, 1.165) is 22.6 Å².